The SMILES string of the molecule is c1cc2c(cc1[C@H]1OC[C@@H]3[C@H]1CO[C@H]3c1ccc3c(c1)OCO3)OCO2. The second kappa shape index (κ2) is 5.53. The van der Waals surface area contributed by atoms with Crippen LogP contribution in [-0.2, 0) is 9.47 Å². The first kappa shape index (κ1) is 14.7. The summed E-state index contributed by atoms with van der Waals surface area (Å²) in [6.45, 7) is 1.93. The topological polar surface area (TPSA) is 55.4 Å². The van der Waals surface area contributed by atoms with Crippen molar-refractivity contribution in [3.05, 3.63) is 47.5 Å². The van der Waals surface area contributed by atoms with Crippen LogP contribution in [0, 0.1) is 11.8 Å². The third kappa shape index (κ3) is 2.12. The van der Waals surface area contributed by atoms with Crippen LogP contribution in [0.5, 0.6) is 23.0 Å². The maximum Gasteiger partial charge on any atom is 0.231 e. The molecule has 4 aliphatic rings. The van der Waals surface area contributed by atoms with Gasteiger partial charge in [0.25, 0.3) is 0 Å². The predicted octanol–water partition coefficient (Wildman–Crippen LogP) is 3.22. The molecule has 0 amide bonds. The monoisotopic (exact) mass is 354 g/mol. The minimum atomic E-state index is 0.0218. The number of benzene rings is 2. The minimum Gasteiger partial charge on any atom is -0.454 e. The van der Waals surface area contributed by atoms with Crippen molar-refractivity contribution in [1.29, 1.82) is 0 Å². The second-order valence-electron chi connectivity index (χ2n) is 7.06. The number of ether oxygens (including phenoxy) is 6. The summed E-state index contributed by atoms with van der Waals surface area (Å²) in [6, 6.07) is 12.1. The van der Waals surface area contributed by atoms with Crippen molar-refractivity contribution in [2.75, 3.05) is 26.8 Å². The van der Waals surface area contributed by atoms with Crippen LogP contribution < -0.4 is 18.9 Å². The van der Waals surface area contributed by atoms with Gasteiger partial charge in [0.1, 0.15) is 0 Å². The summed E-state index contributed by atoms with van der Waals surface area (Å²) in [5.74, 6) is 3.83. The molecular formula is C20H18O6. The summed E-state index contributed by atoms with van der Waals surface area (Å²) in [4.78, 5) is 0. The first-order valence-corrected chi connectivity index (χ1v) is 8.89. The van der Waals surface area contributed by atoms with Gasteiger partial charge in [-0.05, 0) is 35.4 Å². The largest absolute Gasteiger partial charge is 0.454 e. The van der Waals surface area contributed by atoms with E-state index >= 15 is 0 Å². The summed E-state index contributed by atoms with van der Waals surface area (Å²) in [6.07, 6.45) is 0.0435. The highest BCUT2D eigenvalue weighted by Gasteiger charge is 2.48. The molecule has 2 aromatic carbocycles. The Labute approximate surface area is 150 Å². The van der Waals surface area contributed by atoms with E-state index in [1.54, 1.807) is 0 Å². The van der Waals surface area contributed by atoms with Gasteiger partial charge < -0.3 is 28.4 Å². The van der Waals surface area contributed by atoms with Crippen LogP contribution >= 0.6 is 0 Å². The fourth-order valence-electron chi connectivity index (χ4n) is 4.41. The summed E-state index contributed by atoms with van der Waals surface area (Å²) in [5, 5.41) is 0. The highest BCUT2D eigenvalue weighted by molar-refractivity contribution is 5.46. The van der Waals surface area contributed by atoms with E-state index in [2.05, 4.69) is 12.1 Å². The summed E-state index contributed by atoms with van der Waals surface area (Å²) >= 11 is 0. The maximum absolute atomic E-state index is 6.18. The molecule has 0 unspecified atom stereocenters. The van der Waals surface area contributed by atoms with Crippen LogP contribution in [0.25, 0.3) is 0 Å². The zero-order valence-corrected chi connectivity index (χ0v) is 14.1. The molecule has 0 aromatic heterocycles. The molecule has 2 fully saturated rings. The van der Waals surface area contributed by atoms with Crippen molar-refractivity contribution in [3.8, 4) is 23.0 Å². The summed E-state index contributed by atoms with van der Waals surface area (Å²) < 4.78 is 34.2. The molecule has 4 atom stereocenters. The van der Waals surface area contributed by atoms with E-state index in [-0.39, 0.29) is 25.8 Å². The Morgan fingerprint density at radius 3 is 1.54 bits per heavy atom. The second-order valence-corrected chi connectivity index (χ2v) is 7.06. The fraction of sp³-hybridized carbons (Fsp3) is 0.400. The molecular weight excluding hydrogens is 336 g/mol. The van der Waals surface area contributed by atoms with Crippen molar-refractivity contribution in [3.63, 3.8) is 0 Å². The Morgan fingerprint density at radius 1 is 0.577 bits per heavy atom. The molecule has 6 rings (SSSR count). The molecule has 6 heteroatoms. The Morgan fingerprint density at radius 2 is 1.04 bits per heavy atom. The molecule has 4 heterocycles. The molecule has 0 radical (unpaired) electrons. The molecule has 0 N–H and O–H groups in total. The Kier molecular flexibility index (Phi) is 3.12. The van der Waals surface area contributed by atoms with Crippen LogP contribution in [0.15, 0.2) is 36.4 Å². The first-order valence-electron chi connectivity index (χ1n) is 8.89. The van der Waals surface area contributed by atoms with Crippen LogP contribution in [-0.4, -0.2) is 26.8 Å². The Bertz CT molecular complexity index is 794. The smallest absolute Gasteiger partial charge is 0.231 e. The zero-order valence-electron chi connectivity index (χ0n) is 14.1. The number of hydrogen-bond donors (Lipinski definition) is 0. The number of fused-ring (bicyclic) bond motifs is 3. The van der Waals surface area contributed by atoms with E-state index in [1.165, 1.54) is 0 Å². The lowest BCUT2D eigenvalue weighted by atomic mass is 9.85. The lowest BCUT2D eigenvalue weighted by Crippen LogP contribution is -2.14. The van der Waals surface area contributed by atoms with Crippen LogP contribution in [0.4, 0.5) is 0 Å². The molecule has 2 aromatic rings. The van der Waals surface area contributed by atoms with Gasteiger partial charge in [-0.2, -0.15) is 0 Å². The van der Waals surface area contributed by atoms with E-state index in [9.17, 15) is 0 Å². The molecule has 26 heavy (non-hydrogen) atoms. The first-order chi connectivity index (χ1) is 12.9. The molecule has 4 aliphatic heterocycles. The number of hydrogen-bond acceptors (Lipinski definition) is 6. The highest BCUT2D eigenvalue weighted by Crippen LogP contribution is 2.52. The lowest BCUT2D eigenvalue weighted by Gasteiger charge is -2.17. The van der Waals surface area contributed by atoms with Gasteiger partial charge in [0.05, 0.1) is 25.4 Å². The van der Waals surface area contributed by atoms with E-state index in [1.807, 2.05) is 24.3 Å². The number of rotatable bonds is 2. The molecule has 0 spiro atoms. The third-order valence-corrected chi connectivity index (χ3v) is 5.71. The molecule has 6 nitrogen and oxygen atoms in total. The van der Waals surface area contributed by atoms with Gasteiger partial charge in [0.15, 0.2) is 23.0 Å². The van der Waals surface area contributed by atoms with Gasteiger partial charge >= 0.3 is 0 Å². The van der Waals surface area contributed by atoms with Crippen molar-refractivity contribution < 1.29 is 28.4 Å². The van der Waals surface area contributed by atoms with E-state index in [0.29, 0.717) is 25.0 Å². The van der Waals surface area contributed by atoms with Crippen molar-refractivity contribution in [2.45, 2.75) is 12.2 Å². The van der Waals surface area contributed by atoms with E-state index < -0.39 is 0 Å². The van der Waals surface area contributed by atoms with Gasteiger partial charge in [-0.3, -0.25) is 0 Å². The Balaban J connectivity index is 1.27. The highest BCUT2D eigenvalue weighted by atomic mass is 16.7. The van der Waals surface area contributed by atoms with Crippen LogP contribution in [0.3, 0.4) is 0 Å². The van der Waals surface area contributed by atoms with Crippen LogP contribution in [0.1, 0.15) is 23.3 Å². The fourth-order valence-corrected chi connectivity index (χ4v) is 4.41. The normalized spacial score (nSPS) is 30.6. The van der Waals surface area contributed by atoms with E-state index in [0.717, 1.165) is 34.1 Å². The molecule has 0 bridgehead atoms. The molecule has 134 valence electrons. The lowest BCUT2D eigenvalue weighted by molar-refractivity contribution is 0.0192. The van der Waals surface area contributed by atoms with Crippen molar-refractivity contribution in [1.82, 2.24) is 0 Å². The molecule has 2 saturated heterocycles. The van der Waals surface area contributed by atoms with Crippen molar-refractivity contribution in [2.24, 2.45) is 11.8 Å². The average Bonchev–Trinajstić information content (AvgIpc) is 3.42. The molecule has 0 saturated carbocycles. The quantitative estimate of drug-likeness (QED) is 0.825. The summed E-state index contributed by atoms with van der Waals surface area (Å²) in [7, 11) is 0. The molecule has 0 aliphatic carbocycles. The minimum absolute atomic E-state index is 0.0218. The van der Waals surface area contributed by atoms with E-state index in [4.69, 9.17) is 28.4 Å². The third-order valence-electron chi connectivity index (χ3n) is 5.71. The Hall–Kier alpha value is -2.44. The van der Waals surface area contributed by atoms with Gasteiger partial charge in [-0.25, -0.2) is 0 Å². The zero-order chi connectivity index (χ0) is 17.1. The van der Waals surface area contributed by atoms with Crippen molar-refractivity contribution >= 4 is 0 Å². The van der Waals surface area contributed by atoms with Gasteiger partial charge in [0.2, 0.25) is 13.6 Å². The standard InChI is InChI=1S/C20H18O6/c1-3-15-17(25-9-23-15)5-11(1)19-13-7-22-20(14(13)8-21-19)12-2-4-16-18(6-12)26-10-24-16/h1-6,13-14,19-20H,7-10H2/t13-,14-,19-,20+/m1/s1. The predicted molar refractivity (Wildman–Crippen MR) is 89.5 cm³/mol. The maximum atomic E-state index is 6.18. The summed E-state index contributed by atoms with van der Waals surface area (Å²) in [5.41, 5.74) is 2.24. The van der Waals surface area contributed by atoms with Crippen LogP contribution in [0.2, 0.25) is 0 Å². The average molecular weight is 354 g/mol. The van der Waals surface area contributed by atoms with Gasteiger partial charge in [0, 0.05) is 11.8 Å². The van der Waals surface area contributed by atoms with Gasteiger partial charge in [-0.15, -0.1) is 0 Å². The van der Waals surface area contributed by atoms with Gasteiger partial charge in [-0.1, -0.05) is 12.1 Å².